The lowest BCUT2D eigenvalue weighted by atomic mass is 10.0. The van der Waals surface area contributed by atoms with Crippen molar-refractivity contribution in [3.8, 4) is 0 Å². The molecule has 6 heteroatoms. The van der Waals surface area contributed by atoms with E-state index in [0.717, 1.165) is 36.4 Å². The Morgan fingerprint density at radius 2 is 1.72 bits per heavy atom. The number of pyridine rings is 1. The monoisotopic (exact) mass is 532 g/mol. The van der Waals surface area contributed by atoms with Crippen LogP contribution in [-0.4, -0.2) is 26.9 Å². The van der Waals surface area contributed by atoms with E-state index in [1.807, 2.05) is 41.6 Å². The highest BCUT2D eigenvalue weighted by atomic mass is 32.2. The van der Waals surface area contributed by atoms with Crippen molar-refractivity contribution in [3.63, 3.8) is 0 Å². The number of carbonyl (C=O) groups is 1. The molecule has 1 aliphatic heterocycles. The molecule has 2 aromatic heterocycles. The number of nitrogens with one attached hydrogen (secondary N) is 1. The molecule has 3 heterocycles. The average Bonchev–Trinajstić information content (AvgIpc) is 3.41. The Kier molecular flexibility index (Phi) is 7.75. The van der Waals surface area contributed by atoms with E-state index >= 15 is 0 Å². The topological polar surface area (TPSA) is 50.2 Å². The van der Waals surface area contributed by atoms with Crippen molar-refractivity contribution in [1.82, 2.24) is 19.2 Å². The van der Waals surface area contributed by atoms with Gasteiger partial charge in [-0.2, -0.15) is 0 Å². The zero-order chi connectivity index (χ0) is 26.4. The van der Waals surface area contributed by atoms with Crippen LogP contribution in [-0.2, 0) is 30.7 Å². The third-order valence-corrected chi connectivity index (χ3v) is 8.37. The minimum absolute atomic E-state index is 0.0843. The van der Waals surface area contributed by atoms with Crippen LogP contribution in [0, 0.1) is 0 Å². The molecule has 5 nitrogen and oxygen atoms in total. The van der Waals surface area contributed by atoms with Gasteiger partial charge in [0.05, 0.1) is 12.6 Å². The molecule has 0 aliphatic carbocycles. The average molecular weight is 533 g/mol. The van der Waals surface area contributed by atoms with E-state index in [9.17, 15) is 4.79 Å². The summed E-state index contributed by atoms with van der Waals surface area (Å²) in [4.78, 5) is 20.9. The largest absolute Gasteiger partial charge is 0.345 e. The van der Waals surface area contributed by atoms with Gasteiger partial charge >= 0.3 is 0 Å². The molecule has 0 spiro atoms. The SMILES string of the molecule is O=C(CC(NSc1ccc2ccccc2c1)c1ccccc1)N1CCn2c(CCc3cccnc3)ccc2C1. The molecule has 39 heavy (non-hydrogen) atoms. The molecule has 0 bridgehead atoms. The van der Waals surface area contributed by atoms with Crippen molar-refractivity contribution in [2.24, 2.45) is 0 Å². The summed E-state index contributed by atoms with van der Waals surface area (Å²) in [7, 11) is 0. The second kappa shape index (κ2) is 11.9. The Morgan fingerprint density at radius 3 is 2.56 bits per heavy atom. The highest BCUT2D eigenvalue weighted by Gasteiger charge is 2.25. The zero-order valence-corrected chi connectivity index (χ0v) is 22.7. The number of aryl methyl sites for hydroxylation is 2. The molecule has 1 unspecified atom stereocenters. The lowest BCUT2D eigenvalue weighted by Gasteiger charge is -2.31. The van der Waals surface area contributed by atoms with Gasteiger partial charge < -0.3 is 9.47 Å². The van der Waals surface area contributed by atoms with Gasteiger partial charge in [-0.25, -0.2) is 0 Å². The first-order valence-electron chi connectivity index (χ1n) is 13.5. The fraction of sp³-hybridized carbons (Fsp3) is 0.212. The maximum atomic E-state index is 13.6. The first kappa shape index (κ1) is 25.4. The second-order valence-corrected chi connectivity index (χ2v) is 11.0. The molecule has 196 valence electrons. The summed E-state index contributed by atoms with van der Waals surface area (Å²) in [6, 6.07) is 33.6. The van der Waals surface area contributed by atoms with Crippen LogP contribution in [0.25, 0.3) is 10.8 Å². The van der Waals surface area contributed by atoms with Gasteiger partial charge in [0.15, 0.2) is 0 Å². The first-order chi connectivity index (χ1) is 19.2. The first-order valence-corrected chi connectivity index (χ1v) is 14.3. The number of rotatable bonds is 9. The molecule has 6 rings (SSSR count). The molecule has 1 amide bonds. The van der Waals surface area contributed by atoms with Gasteiger partial charge in [0.2, 0.25) is 5.91 Å². The van der Waals surface area contributed by atoms with E-state index < -0.39 is 0 Å². The van der Waals surface area contributed by atoms with Crippen molar-refractivity contribution < 1.29 is 4.79 Å². The predicted octanol–water partition coefficient (Wildman–Crippen LogP) is 6.59. The molecule has 0 radical (unpaired) electrons. The Labute approximate surface area is 234 Å². The smallest absolute Gasteiger partial charge is 0.224 e. The number of benzene rings is 3. The maximum Gasteiger partial charge on any atom is 0.224 e. The molecular formula is C33H32N4OS. The molecule has 0 saturated carbocycles. The summed E-state index contributed by atoms with van der Waals surface area (Å²) in [6.07, 6.45) is 6.12. The Hall–Kier alpha value is -3.87. The quantitative estimate of drug-likeness (QED) is 0.218. The van der Waals surface area contributed by atoms with Crippen LogP contribution in [0.3, 0.4) is 0 Å². The fourth-order valence-electron chi connectivity index (χ4n) is 5.31. The summed E-state index contributed by atoms with van der Waals surface area (Å²) in [5.74, 6) is 0.180. The van der Waals surface area contributed by atoms with Crippen LogP contribution >= 0.6 is 11.9 Å². The van der Waals surface area contributed by atoms with Gasteiger partial charge in [-0.15, -0.1) is 0 Å². The van der Waals surface area contributed by atoms with Gasteiger partial charge in [-0.3, -0.25) is 14.5 Å². The van der Waals surface area contributed by atoms with E-state index in [-0.39, 0.29) is 11.9 Å². The van der Waals surface area contributed by atoms with E-state index in [2.05, 4.69) is 87.1 Å². The Bertz CT molecular complexity index is 1550. The third-order valence-electron chi connectivity index (χ3n) is 7.47. The highest BCUT2D eigenvalue weighted by molar-refractivity contribution is 7.97. The number of nitrogens with zero attached hydrogens (tertiary/aromatic N) is 3. The van der Waals surface area contributed by atoms with E-state index in [1.165, 1.54) is 27.7 Å². The van der Waals surface area contributed by atoms with Gasteiger partial charge in [0.1, 0.15) is 0 Å². The Morgan fingerprint density at radius 1 is 0.872 bits per heavy atom. The number of carbonyl (C=O) groups excluding carboxylic acids is 1. The van der Waals surface area contributed by atoms with Crippen LogP contribution in [0.2, 0.25) is 0 Å². The minimum atomic E-state index is -0.0843. The second-order valence-electron chi connectivity index (χ2n) is 10.0. The van der Waals surface area contributed by atoms with E-state index in [4.69, 9.17) is 0 Å². The molecule has 0 fully saturated rings. The lowest BCUT2D eigenvalue weighted by Crippen LogP contribution is -2.39. The van der Waals surface area contributed by atoms with Gasteiger partial charge in [0.25, 0.3) is 0 Å². The lowest BCUT2D eigenvalue weighted by molar-refractivity contribution is -0.133. The van der Waals surface area contributed by atoms with Gasteiger partial charge in [-0.1, -0.05) is 66.7 Å². The molecule has 1 atom stereocenters. The zero-order valence-electron chi connectivity index (χ0n) is 21.9. The number of aromatic nitrogens is 2. The number of amides is 1. The van der Waals surface area contributed by atoms with Crippen molar-refractivity contribution in [3.05, 3.63) is 132 Å². The number of fused-ring (bicyclic) bond motifs is 2. The van der Waals surface area contributed by atoms with Crippen LogP contribution < -0.4 is 4.72 Å². The van der Waals surface area contributed by atoms with E-state index in [0.29, 0.717) is 13.0 Å². The van der Waals surface area contributed by atoms with Crippen LogP contribution in [0.15, 0.2) is 114 Å². The minimum Gasteiger partial charge on any atom is -0.345 e. The molecule has 1 aliphatic rings. The maximum absolute atomic E-state index is 13.6. The van der Waals surface area contributed by atoms with Crippen molar-refractivity contribution in [2.75, 3.05) is 6.54 Å². The van der Waals surface area contributed by atoms with Crippen LogP contribution in [0.5, 0.6) is 0 Å². The molecule has 5 aromatic rings. The standard InChI is InChI=1S/C33H32N4OS/c38-33(36-19-20-37-29(15-16-30(37)24-36)14-12-25-7-6-18-34-23-25)22-32(27-9-2-1-3-10-27)35-39-31-17-13-26-8-4-5-11-28(26)21-31/h1-11,13,15-18,21,23,32,35H,12,14,19-20,22,24H2. The molecule has 0 saturated heterocycles. The van der Waals surface area contributed by atoms with Crippen molar-refractivity contribution in [1.29, 1.82) is 0 Å². The van der Waals surface area contributed by atoms with Crippen LogP contribution in [0.1, 0.15) is 35.0 Å². The highest BCUT2D eigenvalue weighted by Crippen LogP contribution is 2.28. The van der Waals surface area contributed by atoms with Crippen molar-refractivity contribution >= 4 is 28.6 Å². The molecule has 1 N–H and O–H groups in total. The fourth-order valence-corrected chi connectivity index (χ4v) is 6.13. The summed E-state index contributed by atoms with van der Waals surface area (Å²) < 4.78 is 5.99. The summed E-state index contributed by atoms with van der Waals surface area (Å²) >= 11 is 1.59. The normalized spacial score (nSPS) is 13.8. The molecule has 3 aromatic carbocycles. The summed E-state index contributed by atoms with van der Waals surface area (Å²) in [5.41, 5.74) is 4.92. The summed E-state index contributed by atoms with van der Waals surface area (Å²) in [5, 5.41) is 2.44. The van der Waals surface area contributed by atoms with Gasteiger partial charge in [0, 0.05) is 48.2 Å². The summed E-state index contributed by atoms with van der Waals surface area (Å²) in [6.45, 7) is 2.23. The third kappa shape index (κ3) is 6.08. The van der Waals surface area contributed by atoms with Crippen LogP contribution in [0.4, 0.5) is 0 Å². The van der Waals surface area contributed by atoms with Crippen molar-refractivity contribution in [2.45, 2.75) is 43.3 Å². The number of hydrogen-bond acceptors (Lipinski definition) is 4. The Balaban J connectivity index is 1.11. The number of hydrogen-bond donors (Lipinski definition) is 1. The van der Waals surface area contributed by atoms with Gasteiger partial charge in [-0.05, 0) is 77.0 Å². The predicted molar refractivity (Wildman–Crippen MR) is 158 cm³/mol. The molecular weight excluding hydrogens is 500 g/mol. The van der Waals surface area contributed by atoms with E-state index in [1.54, 1.807) is 11.9 Å².